The highest BCUT2D eigenvalue weighted by Crippen LogP contribution is 2.46. The molecule has 55 heavy (non-hydrogen) atoms. The Kier molecular flexibility index (Phi) is 14.1. The molecule has 6 N–H and O–H groups in total. The SMILES string of the molecule is CN=c1ccc2c(-c3cc(C(=O)CCCOCCOCCNC(=O)OCCC(C)(C)S)ccc3C(=O)O)c3ccc(N)c(S(=O)(=O)O)c3oc-2c1S(=O)(=O)O. The minimum absolute atomic E-state index is 0.0214. The van der Waals surface area contributed by atoms with Gasteiger partial charge in [0.15, 0.2) is 26.9 Å². The summed E-state index contributed by atoms with van der Waals surface area (Å²) in [6.45, 7) is 5.13. The first-order chi connectivity index (χ1) is 25.7. The summed E-state index contributed by atoms with van der Waals surface area (Å²) >= 11 is 4.37. The van der Waals surface area contributed by atoms with E-state index in [1.807, 2.05) is 13.8 Å². The zero-order valence-corrected chi connectivity index (χ0v) is 32.6. The first kappa shape index (κ1) is 43.2. The Hall–Kier alpha value is -4.57. The van der Waals surface area contributed by atoms with Gasteiger partial charge in [-0.1, -0.05) is 19.9 Å². The summed E-state index contributed by atoms with van der Waals surface area (Å²) in [6.07, 6.45) is 0.294. The summed E-state index contributed by atoms with van der Waals surface area (Å²) in [6, 6.07) is 8.67. The Morgan fingerprint density at radius 3 is 2.20 bits per heavy atom. The number of ether oxygens (including phenoxy) is 3. The van der Waals surface area contributed by atoms with Crippen molar-refractivity contribution in [1.82, 2.24) is 5.32 Å². The highest BCUT2D eigenvalue weighted by molar-refractivity contribution is 7.86. The molecule has 0 atom stereocenters. The fourth-order valence-corrected chi connectivity index (χ4v) is 7.19. The number of anilines is 1. The van der Waals surface area contributed by atoms with E-state index in [9.17, 15) is 45.4 Å². The molecule has 1 aliphatic heterocycles. The van der Waals surface area contributed by atoms with Crippen LogP contribution in [0, 0.1) is 0 Å². The summed E-state index contributed by atoms with van der Waals surface area (Å²) in [5.41, 5.74) is 4.12. The molecule has 0 saturated carbocycles. The normalized spacial score (nSPS) is 12.7. The molecule has 2 aromatic carbocycles. The molecular formula is C35H41N3O14S3. The number of benzene rings is 3. The van der Waals surface area contributed by atoms with E-state index in [1.165, 1.54) is 43.4 Å². The number of hydrogen-bond acceptors (Lipinski definition) is 14. The van der Waals surface area contributed by atoms with Gasteiger partial charge in [0, 0.05) is 53.4 Å². The lowest BCUT2D eigenvalue weighted by Crippen LogP contribution is -2.29. The van der Waals surface area contributed by atoms with Crippen LogP contribution in [0.3, 0.4) is 0 Å². The second-order valence-electron chi connectivity index (χ2n) is 12.7. The van der Waals surface area contributed by atoms with E-state index in [-0.39, 0.29) is 95.7 Å². The number of carbonyl (C=O) groups is 3. The van der Waals surface area contributed by atoms with Crippen LogP contribution >= 0.6 is 12.6 Å². The van der Waals surface area contributed by atoms with Gasteiger partial charge in [-0.15, -0.1) is 0 Å². The Bertz CT molecular complexity index is 2350. The van der Waals surface area contributed by atoms with Crippen LogP contribution in [0.2, 0.25) is 0 Å². The van der Waals surface area contributed by atoms with E-state index < -0.39 is 64.9 Å². The number of nitrogens with zero attached hydrogens (tertiary/aromatic N) is 1. The molecule has 1 amide bonds. The van der Waals surface area contributed by atoms with Crippen LogP contribution in [-0.2, 0) is 34.4 Å². The molecular weight excluding hydrogens is 783 g/mol. The minimum atomic E-state index is -5.14. The van der Waals surface area contributed by atoms with Crippen molar-refractivity contribution < 1.29 is 64.1 Å². The number of thiol groups is 1. The molecule has 2 aromatic rings. The van der Waals surface area contributed by atoms with Gasteiger partial charge in [-0.2, -0.15) is 29.5 Å². The van der Waals surface area contributed by atoms with Crippen molar-refractivity contribution in [2.24, 2.45) is 4.99 Å². The topological polar surface area (TPSA) is 271 Å². The number of amides is 1. The number of carboxylic acids is 1. The number of hydrogen-bond donors (Lipinski definition) is 6. The fraction of sp³-hybridized carbons (Fsp3) is 0.371. The summed E-state index contributed by atoms with van der Waals surface area (Å²) < 4.78 is 92.2. The number of carboxylic acid groups (broad SMARTS) is 1. The van der Waals surface area contributed by atoms with Crippen molar-refractivity contribution in [1.29, 1.82) is 0 Å². The largest absolute Gasteiger partial charge is 0.478 e. The smallest absolute Gasteiger partial charge is 0.407 e. The third-order valence-corrected chi connectivity index (χ3v) is 10.2. The predicted molar refractivity (Wildman–Crippen MR) is 203 cm³/mol. The maximum absolute atomic E-state index is 13.4. The number of rotatable bonds is 18. The zero-order chi connectivity index (χ0) is 40.7. The third kappa shape index (κ3) is 11.0. The maximum Gasteiger partial charge on any atom is 0.407 e. The summed E-state index contributed by atoms with van der Waals surface area (Å²) in [5, 5.41) is 12.4. The molecule has 0 unspecified atom stereocenters. The van der Waals surface area contributed by atoms with Crippen LogP contribution in [-0.4, -0.2) is 100 Å². The molecule has 1 heterocycles. The minimum Gasteiger partial charge on any atom is -0.478 e. The number of Topliss-reactive ketones (excluding diaryl/α,β-unsaturated/α-hetero) is 1. The molecule has 0 bridgehead atoms. The van der Waals surface area contributed by atoms with Gasteiger partial charge in [-0.3, -0.25) is 18.9 Å². The number of aromatic carboxylic acids is 1. The van der Waals surface area contributed by atoms with E-state index >= 15 is 0 Å². The Morgan fingerprint density at radius 1 is 0.909 bits per heavy atom. The van der Waals surface area contributed by atoms with Crippen molar-refractivity contribution in [2.45, 2.75) is 47.6 Å². The summed E-state index contributed by atoms with van der Waals surface area (Å²) in [7, 11) is -9.03. The van der Waals surface area contributed by atoms with Crippen molar-refractivity contribution in [3.05, 3.63) is 58.9 Å². The summed E-state index contributed by atoms with van der Waals surface area (Å²) in [4.78, 5) is 39.7. The van der Waals surface area contributed by atoms with Gasteiger partial charge in [-0.05, 0) is 54.8 Å². The van der Waals surface area contributed by atoms with Gasteiger partial charge in [0.1, 0.15) is 0 Å². The van der Waals surface area contributed by atoms with Crippen LogP contribution < -0.4 is 16.4 Å². The molecule has 0 radical (unpaired) electrons. The average Bonchev–Trinajstić information content (AvgIpc) is 3.08. The quantitative estimate of drug-likeness (QED) is 0.0204. The fourth-order valence-electron chi connectivity index (χ4n) is 5.54. The highest BCUT2D eigenvalue weighted by Gasteiger charge is 2.32. The van der Waals surface area contributed by atoms with Crippen molar-refractivity contribution in [3.8, 4) is 22.5 Å². The van der Waals surface area contributed by atoms with Crippen LogP contribution in [0.4, 0.5) is 10.5 Å². The van der Waals surface area contributed by atoms with Gasteiger partial charge in [0.2, 0.25) is 0 Å². The van der Waals surface area contributed by atoms with Crippen LogP contribution in [0.25, 0.3) is 33.4 Å². The molecule has 2 aliphatic rings. The van der Waals surface area contributed by atoms with Crippen molar-refractivity contribution in [2.75, 3.05) is 52.4 Å². The van der Waals surface area contributed by atoms with E-state index in [2.05, 4.69) is 22.9 Å². The molecule has 0 aromatic heterocycles. The van der Waals surface area contributed by atoms with Crippen LogP contribution in [0.1, 0.15) is 53.8 Å². The van der Waals surface area contributed by atoms with Crippen LogP contribution in [0.15, 0.2) is 61.7 Å². The first-order valence-electron chi connectivity index (χ1n) is 16.6. The molecule has 17 nitrogen and oxygen atoms in total. The number of nitrogens with one attached hydrogen (secondary N) is 1. The van der Waals surface area contributed by atoms with Gasteiger partial charge in [-0.25, -0.2) is 9.59 Å². The van der Waals surface area contributed by atoms with Gasteiger partial charge < -0.3 is 34.8 Å². The Balaban J connectivity index is 1.55. The average molecular weight is 824 g/mol. The molecule has 0 fully saturated rings. The molecule has 1 aliphatic carbocycles. The monoisotopic (exact) mass is 823 g/mol. The second kappa shape index (κ2) is 17.9. The highest BCUT2D eigenvalue weighted by atomic mass is 32.2. The van der Waals surface area contributed by atoms with Gasteiger partial charge in [0.05, 0.1) is 43.0 Å². The number of carbonyl (C=O) groups excluding carboxylic acids is 2. The molecule has 298 valence electrons. The lowest BCUT2D eigenvalue weighted by Gasteiger charge is -2.20. The molecule has 0 spiro atoms. The van der Waals surface area contributed by atoms with E-state index in [0.717, 1.165) is 6.07 Å². The molecule has 4 rings (SSSR count). The number of alkyl carbamates (subject to hydrolysis) is 1. The number of nitrogens with two attached hydrogens (primary N) is 1. The predicted octanol–water partition coefficient (Wildman–Crippen LogP) is 4.33. The summed E-state index contributed by atoms with van der Waals surface area (Å²) in [5.74, 6) is -2.48. The zero-order valence-electron chi connectivity index (χ0n) is 30.0. The lowest BCUT2D eigenvalue weighted by molar-refractivity contribution is 0.0465. The van der Waals surface area contributed by atoms with Gasteiger partial charge in [0.25, 0.3) is 20.2 Å². The lowest BCUT2D eigenvalue weighted by atomic mass is 9.88. The first-order valence-corrected chi connectivity index (χ1v) is 20.0. The molecule has 20 heteroatoms. The van der Waals surface area contributed by atoms with Crippen molar-refractivity contribution >= 4 is 67.4 Å². The van der Waals surface area contributed by atoms with Crippen molar-refractivity contribution in [3.63, 3.8) is 0 Å². The van der Waals surface area contributed by atoms with Gasteiger partial charge >= 0.3 is 12.1 Å². The Labute approximate surface area is 322 Å². The van der Waals surface area contributed by atoms with E-state index in [4.69, 9.17) is 24.4 Å². The number of ketones is 1. The van der Waals surface area contributed by atoms with E-state index in [0.29, 0.717) is 6.42 Å². The van der Waals surface area contributed by atoms with Crippen LogP contribution in [0.5, 0.6) is 0 Å². The second-order valence-corrected chi connectivity index (χ2v) is 16.7. The Morgan fingerprint density at radius 2 is 1.58 bits per heavy atom. The third-order valence-electron chi connectivity index (χ3n) is 8.10. The standard InChI is InChI=1S/C35H41N3O14S3/c1-35(2,53)12-15-51-34(42)38-13-16-50-18-17-49-14-4-5-27(39)20-6-7-21(33(40)41)24(19-20)28-22-8-10-25(36)31(54(43,44)45)29(22)52-30-23(28)9-11-26(37-3)32(30)55(46,47)48/h6-11,19,53H,4-5,12-18,36H2,1-3H3,(H,38,42)(H,40,41)(H,43,44,45)(H,46,47,48). The number of fused-ring (bicyclic) bond motifs is 2. The number of nitrogen functional groups attached to an aromatic ring is 1. The maximum atomic E-state index is 13.4. The van der Waals surface area contributed by atoms with E-state index in [1.54, 1.807) is 0 Å². The molecule has 0 saturated heterocycles.